The lowest BCUT2D eigenvalue weighted by atomic mass is 9.88. The summed E-state index contributed by atoms with van der Waals surface area (Å²) < 4.78 is 5.45. The zero-order valence-electron chi connectivity index (χ0n) is 10.8. The smallest absolute Gasteiger partial charge is 0.411 e. The molecule has 1 aliphatic carbocycles. The van der Waals surface area contributed by atoms with Crippen molar-refractivity contribution in [3.8, 4) is 0 Å². The van der Waals surface area contributed by atoms with E-state index in [0.29, 0.717) is 21.7 Å². The van der Waals surface area contributed by atoms with Gasteiger partial charge in [-0.1, -0.05) is 42.6 Å². The van der Waals surface area contributed by atoms with Crippen molar-refractivity contribution in [1.82, 2.24) is 0 Å². The fourth-order valence-electron chi connectivity index (χ4n) is 2.33. The number of halogens is 2. The number of nitrogens with one attached hydrogen (secondary N) is 1. The number of anilines is 1. The van der Waals surface area contributed by atoms with Crippen molar-refractivity contribution in [2.45, 2.75) is 38.7 Å². The van der Waals surface area contributed by atoms with Gasteiger partial charge >= 0.3 is 6.09 Å². The highest BCUT2D eigenvalue weighted by Crippen LogP contribution is 2.30. The molecule has 0 aliphatic heterocycles. The second-order valence-electron chi connectivity index (χ2n) is 4.93. The Morgan fingerprint density at radius 1 is 1.32 bits per heavy atom. The van der Waals surface area contributed by atoms with Crippen LogP contribution in [0.1, 0.15) is 32.6 Å². The fourth-order valence-corrected chi connectivity index (χ4v) is 2.68. The van der Waals surface area contributed by atoms with E-state index in [1.54, 1.807) is 18.2 Å². The number of carbonyl (C=O) groups is 1. The summed E-state index contributed by atoms with van der Waals surface area (Å²) in [5.41, 5.74) is 0.475. The molecule has 0 heterocycles. The number of benzene rings is 1. The first-order chi connectivity index (χ1) is 9.08. The number of hydrogen-bond acceptors (Lipinski definition) is 2. The molecule has 1 aromatic carbocycles. The predicted molar refractivity (Wildman–Crippen MR) is 78.0 cm³/mol. The fraction of sp³-hybridized carbons (Fsp3) is 0.500. The Hall–Kier alpha value is -0.930. The van der Waals surface area contributed by atoms with Crippen LogP contribution in [0.3, 0.4) is 0 Å². The van der Waals surface area contributed by atoms with Crippen LogP contribution in [0.5, 0.6) is 0 Å². The van der Waals surface area contributed by atoms with Gasteiger partial charge in [0.1, 0.15) is 6.10 Å². The van der Waals surface area contributed by atoms with E-state index in [1.807, 2.05) is 0 Å². The highest BCUT2D eigenvalue weighted by atomic mass is 35.5. The van der Waals surface area contributed by atoms with E-state index in [1.165, 1.54) is 6.42 Å². The Kier molecular flexibility index (Phi) is 4.94. The van der Waals surface area contributed by atoms with Gasteiger partial charge in [-0.05, 0) is 37.3 Å². The quantitative estimate of drug-likeness (QED) is 0.823. The molecule has 3 nitrogen and oxygen atoms in total. The van der Waals surface area contributed by atoms with Gasteiger partial charge in [-0.15, -0.1) is 0 Å². The third-order valence-electron chi connectivity index (χ3n) is 3.48. The second kappa shape index (κ2) is 6.49. The summed E-state index contributed by atoms with van der Waals surface area (Å²) in [5.74, 6) is 0.411. The molecule has 0 unspecified atom stereocenters. The number of amides is 1. The summed E-state index contributed by atoms with van der Waals surface area (Å²) >= 11 is 11.9. The maximum Gasteiger partial charge on any atom is 0.411 e. The molecule has 0 bridgehead atoms. The molecule has 5 heteroatoms. The molecule has 19 heavy (non-hydrogen) atoms. The minimum atomic E-state index is -0.470. The van der Waals surface area contributed by atoms with Crippen LogP contribution in [-0.4, -0.2) is 12.2 Å². The van der Waals surface area contributed by atoms with Gasteiger partial charge in [-0.25, -0.2) is 4.79 Å². The topological polar surface area (TPSA) is 38.3 Å². The monoisotopic (exact) mass is 301 g/mol. The van der Waals surface area contributed by atoms with Gasteiger partial charge in [0.2, 0.25) is 0 Å². The number of carbonyl (C=O) groups excluding carboxylic acids is 1. The first-order valence-electron chi connectivity index (χ1n) is 6.49. The van der Waals surface area contributed by atoms with E-state index in [0.717, 1.165) is 19.3 Å². The Balaban J connectivity index is 1.95. The molecule has 2 atom stereocenters. The standard InChI is InChI=1S/C14H17Cl2NO2/c1-9-5-2-3-8-12(9)19-14(18)17-11-7-4-6-10(15)13(11)16/h4,6-7,9,12H,2-3,5,8H2,1H3,(H,17,18)/t9-,12-/m0/s1. The zero-order valence-corrected chi connectivity index (χ0v) is 12.3. The van der Waals surface area contributed by atoms with Crippen molar-refractivity contribution in [1.29, 1.82) is 0 Å². The van der Waals surface area contributed by atoms with E-state index in [2.05, 4.69) is 12.2 Å². The predicted octanol–water partition coefficient (Wildman–Crippen LogP) is 5.12. The van der Waals surface area contributed by atoms with Crippen molar-refractivity contribution >= 4 is 35.0 Å². The van der Waals surface area contributed by atoms with Crippen molar-refractivity contribution in [2.24, 2.45) is 5.92 Å². The molecule has 0 saturated heterocycles. The Morgan fingerprint density at radius 3 is 2.79 bits per heavy atom. The van der Waals surface area contributed by atoms with Gasteiger partial charge in [0, 0.05) is 0 Å². The van der Waals surface area contributed by atoms with Crippen molar-refractivity contribution in [3.05, 3.63) is 28.2 Å². The number of rotatable bonds is 2. The molecule has 104 valence electrons. The highest BCUT2D eigenvalue weighted by Gasteiger charge is 2.25. The molecule has 1 aromatic rings. The first kappa shape index (κ1) is 14.5. The number of hydrogen-bond donors (Lipinski definition) is 1. The Labute approximate surface area is 123 Å². The van der Waals surface area contributed by atoms with Crippen LogP contribution >= 0.6 is 23.2 Å². The number of ether oxygens (including phenoxy) is 1. The third-order valence-corrected chi connectivity index (χ3v) is 4.30. The lowest BCUT2D eigenvalue weighted by Gasteiger charge is -2.28. The summed E-state index contributed by atoms with van der Waals surface area (Å²) in [7, 11) is 0. The average molecular weight is 302 g/mol. The van der Waals surface area contributed by atoms with Crippen LogP contribution in [-0.2, 0) is 4.74 Å². The van der Waals surface area contributed by atoms with Gasteiger partial charge in [0.05, 0.1) is 15.7 Å². The molecular weight excluding hydrogens is 285 g/mol. The van der Waals surface area contributed by atoms with E-state index < -0.39 is 6.09 Å². The van der Waals surface area contributed by atoms with Gasteiger partial charge in [-0.3, -0.25) is 5.32 Å². The highest BCUT2D eigenvalue weighted by molar-refractivity contribution is 6.43. The summed E-state index contributed by atoms with van der Waals surface area (Å²) in [6, 6.07) is 5.09. The van der Waals surface area contributed by atoms with Crippen LogP contribution in [0.15, 0.2) is 18.2 Å². The molecule has 2 rings (SSSR count). The average Bonchev–Trinajstić information content (AvgIpc) is 2.38. The third kappa shape index (κ3) is 3.77. The molecule has 1 fully saturated rings. The summed E-state index contributed by atoms with van der Waals surface area (Å²) in [5, 5.41) is 3.38. The van der Waals surface area contributed by atoms with Gasteiger partial charge in [-0.2, -0.15) is 0 Å². The Bertz CT molecular complexity index is 465. The second-order valence-corrected chi connectivity index (χ2v) is 5.72. The van der Waals surface area contributed by atoms with Crippen molar-refractivity contribution < 1.29 is 9.53 Å². The SMILES string of the molecule is C[C@H]1CCCC[C@@H]1OC(=O)Nc1cccc(Cl)c1Cl. The van der Waals surface area contributed by atoms with Crippen LogP contribution in [0.2, 0.25) is 10.0 Å². The molecular formula is C14H17Cl2NO2. The summed E-state index contributed by atoms with van der Waals surface area (Å²) in [6.07, 6.45) is 3.88. The van der Waals surface area contributed by atoms with Gasteiger partial charge < -0.3 is 4.74 Å². The lowest BCUT2D eigenvalue weighted by molar-refractivity contribution is 0.0524. The maximum atomic E-state index is 11.9. The molecule has 1 N–H and O–H groups in total. The largest absolute Gasteiger partial charge is 0.446 e. The summed E-state index contributed by atoms with van der Waals surface area (Å²) in [4.78, 5) is 11.9. The van der Waals surface area contributed by atoms with Crippen LogP contribution in [0.4, 0.5) is 10.5 Å². The minimum Gasteiger partial charge on any atom is -0.446 e. The van der Waals surface area contributed by atoms with Crippen LogP contribution in [0, 0.1) is 5.92 Å². The first-order valence-corrected chi connectivity index (χ1v) is 7.25. The van der Waals surface area contributed by atoms with Gasteiger partial charge in [0.15, 0.2) is 0 Å². The van der Waals surface area contributed by atoms with E-state index in [-0.39, 0.29) is 6.10 Å². The van der Waals surface area contributed by atoms with Crippen LogP contribution < -0.4 is 5.32 Å². The van der Waals surface area contributed by atoms with E-state index in [9.17, 15) is 4.79 Å². The summed E-state index contributed by atoms with van der Waals surface area (Å²) in [6.45, 7) is 2.11. The van der Waals surface area contributed by atoms with E-state index >= 15 is 0 Å². The van der Waals surface area contributed by atoms with Crippen molar-refractivity contribution in [3.63, 3.8) is 0 Å². The molecule has 0 radical (unpaired) electrons. The van der Waals surface area contributed by atoms with Gasteiger partial charge in [0.25, 0.3) is 0 Å². The van der Waals surface area contributed by atoms with E-state index in [4.69, 9.17) is 27.9 Å². The molecule has 0 aromatic heterocycles. The zero-order chi connectivity index (χ0) is 13.8. The lowest BCUT2D eigenvalue weighted by Crippen LogP contribution is -2.30. The molecule has 0 spiro atoms. The maximum absolute atomic E-state index is 11.9. The van der Waals surface area contributed by atoms with Crippen LogP contribution in [0.25, 0.3) is 0 Å². The minimum absolute atomic E-state index is 0.00768. The Morgan fingerprint density at radius 2 is 2.05 bits per heavy atom. The normalized spacial score (nSPS) is 22.9. The molecule has 1 aliphatic rings. The molecule has 1 amide bonds. The van der Waals surface area contributed by atoms with Crippen molar-refractivity contribution in [2.75, 3.05) is 5.32 Å². The molecule has 1 saturated carbocycles.